The molecule has 4 heterocycles. The smallest absolute Gasteiger partial charge is 0.254 e. The topological polar surface area (TPSA) is 140 Å². The van der Waals surface area contributed by atoms with Crippen molar-refractivity contribution in [3.8, 4) is 16.9 Å². The number of hydrogen-bond acceptors (Lipinski definition) is 9. The van der Waals surface area contributed by atoms with Crippen molar-refractivity contribution >= 4 is 29.4 Å². The molecule has 41 heavy (non-hydrogen) atoms. The lowest BCUT2D eigenvalue weighted by Crippen LogP contribution is -2.38. The van der Waals surface area contributed by atoms with Crippen molar-refractivity contribution in [3.63, 3.8) is 0 Å². The molecule has 1 atom stereocenters. The van der Waals surface area contributed by atoms with E-state index in [1.165, 1.54) is 11.2 Å². The summed E-state index contributed by atoms with van der Waals surface area (Å²) in [4.78, 5) is 36.7. The van der Waals surface area contributed by atoms with Gasteiger partial charge in [0.25, 0.3) is 5.91 Å². The summed E-state index contributed by atoms with van der Waals surface area (Å²) in [6, 6.07) is 13.1. The van der Waals surface area contributed by atoms with Crippen LogP contribution < -0.4 is 10.6 Å². The van der Waals surface area contributed by atoms with Gasteiger partial charge in [0.05, 0.1) is 28.6 Å². The number of tetrazole rings is 1. The Bertz CT molecular complexity index is 1570. The summed E-state index contributed by atoms with van der Waals surface area (Å²) in [6.07, 6.45) is 4.83. The largest absolute Gasteiger partial charge is 0.381 e. The molecule has 0 radical (unpaired) electrons. The summed E-state index contributed by atoms with van der Waals surface area (Å²) in [6.45, 7) is 3.58. The van der Waals surface area contributed by atoms with E-state index < -0.39 is 0 Å². The highest BCUT2D eigenvalue weighted by molar-refractivity contribution is 6.33. The fourth-order valence-corrected chi connectivity index (χ4v) is 5.26. The maximum atomic E-state index is 13.3. The van der Waals surface area contributed by atoms with Crippen LogP contribution in [0, 0.1) is 0 Å². The lowest BCUT2D eigenvalue weighted by Gasteiger charge is -2.23. The third-order valence-electron chi connectivity index (χ3n) is 7.26. The molecule has 12 nitrogen and oxygen atoms in total. The Morgan fingerprint density at radius 1 is 1.20 bits per heavy atom. The van der Waals surface area contributed by atoms with E-state index in [1.807, 2.05) is 43.3 Å². The minimum Gasteiger partial charge on any atom is -0.381 e. The molecule has 0 saturated carbocycles. The van der Waals surface area contributed by atoms with Crippen LogP contribution in [0.3, 0.4) is 0 Å². The number of carbonyl (C=O) groups is 2. The molecule has 0 bridgehead atoms. The molecule has 2 aliphatic rings. The summed E-state index contributed by atoms with van der Waals surface area (Å²) in [5.41, 5.74) is 4.30. The van der Waals surface area contributed by atoms with E-state index in [1.54, 1.807) is 16.9 Å². The van der Waals surface area contributed by atoms with Crippen molar-refractivity contribution in [2.75, 3.05) is 25.1 Å². The summed E-state index contributed by atoms with van der Waals surface area (Å²) in [5, 5.41) is 18.0. The molecule has 0 spiro atoms. The van der Waals surface area contributed by atoms with Gasteiger partial charge in [0.1, 0.15) is 12.9 Å². The SMILES string of the molecule is CC(NC(=O)CN1Cc2ccc(-c3nc(NC4CCOCC4)ncc3Cl)cc2C1=O)c1cccc(-n2cnnn2)c1. The summed E-state index contributed by atoms with van der Waals surface area (Å²) in [7, 11) is 0. The number of hydrogen-bond donors (Lipinski definition) is 2. The zero-order valence-electron chi connectivity index (χ0n) is 22.3. The molecule has 1 saturated heterocycles. The van der Waals surface area contributed by atoms with Gasteiger partial charge in [-0.25, -0.2) is 14.6 Å². The number of rotatable bonds is 8. The minimum absolute atomic E-state index is 0.0622. The highest BCUT2D eigenvalue weighted by Crippen LogP contribution is 2.31. The van der Waals surface area contributed by atoms with Gasteiger partial charge >= 0.3 is 0 Å². The number of amides is 2. The molecule has 4 aromatic rings. The van der Waals surface area contributed by atoms with Crippen molar-refractivity contribution in [3.05, 3.63) is 76.7 Å². The summed E-state index contributed by atoms with van der Waals surface area (Å²) in [5.74, 6) is 0.0180. The highest BCUT2D eigenvalue weighted by atomic mass is 35.5. The van der Waals surface area contributed by atoms with Gasteiger partial charge in [-0.3, -0.25) is 9.59 Å². The second-order valence-corrected chi connectivity index (χ2v) is 10.5. The highest BCUT2D eigenvalue weighted by Gasteiger charge is 2.30. The molecular formula is C28H28ClN9O3. The number of halogens is 1. The van der Waals surface area contributed by atoms with E-state index in [0.717, 1.165) is 29.7 Å². The van der Waals surface area contributed by atoms with Crippen LogP contribution in [0.15, 0.2) is 55.0 Å². The first-order valence-corrected chi connectivity index (χ1v) is 13.7. The average Bonchev–Trinajstić information content (AvgIpc) is 3.63. The van der Waals surface area contributed by atoms with E-state index in [9.17, 15) is 9.59 Å². The van der Waals surface area contributed by atoms with Crippen LogP contribution in [0.1, 0.15) is 47.3 Å². The van der Waals surface area contributed by atoms with E-state index in [4.69, 9.17) is 16.3 Å². The molecule has 210 valence electrons. The number of anilines is 1. The predicted molar refractivity (Wildman–Crippen MR) is 150 cm³/mol. The standard InChI is InChI=1S/C28H28ClN9O3/c1-17(18-3-2-4-22(11-18)38-16-31-35-36-38)32-25(39)15-37-14-20-6-5-19(12-23(20)27(37)40)26-24(29)13-30-28(34-26)33-21-7-9-41-10-8-21/h2-6,11-13,16-17,21H,7-10,14-15H2,1H3,(H,32,39)(H,30,33,34). The number of fused-ring (bicyclic) bond motifs is 1. The molecule has 2 amide bonds. The fourth-order valence-electron chi connectivity index (χ4n) is 5.06. The van der Waals surface area contributed by atoms with E-state index in [2.05, 4.69) is 36.1 Å². The van der Waals surface area contributed by atoms with Crippen molar-refractivity contribution < 1.29 is 14.3 Å². The van der Waals surface area contributed by atoms with Crippen LogP contribution in [-0.2, 0) is 16.1 Å². The Morgan fingerprint density at radius 3 is 2.85 bits per heavy atom. The summed E-state index contributed by atoms with van der Waals surface area (Å²) < 4.78 is 6.97. The molecule has 2 aliphatic heterocycles. The second kappa shape index (κ2) is 11.6. The van der Waals surface area contributed by atoms with Crippen LogP contribution >= 0.6 is 11.6 Å². The zero-order valence-corrected chi connectivity index (χ0v) is 23.1. The van der Waals surface area contributed by atoms with Crippen LogP contribution in [-0.4, -0.2) is 72.7 Å². The Labute approximate surface area is 241 Å². The maximum absolute atomic E-state index is 13.3. The van der Waals surface area contributed by atoms with Crippen molar-refractivity contribution in [1.29, 1.82) is 0 Å². The lowest BCUT2D eigenvalue weighted by molar-refractivity contribution is -0.122. The van der Waals surface area contributed by atoms with Gasteiger partial charge in [-0.15, -0.1) is 5.10 Å². The van der Waals surface area contributed by atoms with E-state index in [0.29, 0.717) is 47.6 Å². The van der Waals surface area contributed by atoms with E-state index >= 15 is 0 Å². The Balaban J connectivity index is 1.12. The molecular weight excluding hydrogens is 546 g/mol. The number of ether oxygens (including phenoxy) is 1. The van der Waals surface area contributed by atoms with Crippen LogP contribution in [0.4, 0.5) is 5.95 Å². The van der Waals surface area contributed by atoms with Gasteiger partial charge < -0.3 is 20.3 Å². The first-order valence-electron chi connectivity index (χ1n) is 13.4. The predicted octanol–water partition coefficient (Wildman–Crippen LogP) is 3.20. The number of carbonyl (C=O) groups excluding carboxylic acids is 2. The number of aromatic nitrogens is 6. The van der Waals surface area contributed by atoms with Crippen molar-refractivity contribution in [2.24, 2.45) is 0 Å². The molecule has 1 unspecified atom stereocenters. The van der Waals surface area contributed by atoms with E-state index in [-0.39, 0.29) is 30.4 Å². The maximum Gasteiger partial charge on any atom is 0.254 e. The van der Waals surface area contributed by atoms with Gasteiger partial charge in [-0.2, -0.15) is 0 Å². The van der Waals surface area contributed by atoms with Gasteiger partial charge in [0.2, 0.25) is 11.9 Å². The Morgan fingerprint density at radius 2 is 2.05 bits per heavy atom. The molecule has 2 N–H and O–H groups in total. The lowest BCUT2D eigenvalue weighted by atomic mass is 10.0. The molecule has 1 fully saturated rings. The van der Waals surface area contributed by atoms with Crippen LogP contribution in [0.2, 0.25) is 5.02 Å². The Kier molecular flexibility index (Phi) is 7.57. The van der Waals surface area contributed by atoms with Crippen molar-refractivity contribution in [1.82, 2.24) is 40.4 Å². The molecule has 13 heteroatoms. The van der Waals surface area contributed by atoms with Gasteiger partial charge in [-0.05, 0) is 59.5 Å². The molecule has 0 aliphatic carbocycles. The fraction of sp³-hybridized carbons (Fsp3) is 0.321. The quantitative estimate of drug-likeness (QED) is 0.325. The normalized spacial score (nSPS) is 16.0. The zero-order chi connectivity index (χ0) is 28.3. The molecule has 6 rings (SSSR count). The van der Waals surface area contributed by atoms with Gasteiger partial charge in [0, 0.05) is 36.9 Å². The first kappa shape index (κ1) is 26.8. The molecule has 2 aromatic carbocycles. The third-order valence-corrected chi connectivity index (χ3v) is 7.53. The average molecular weight is 574 g/mol. The molecule has 2 aromatic heterocycles. The van der Waals surface area contributed by atoms with Crippen molar-refractivity contribution in [2.45, 2.75) is 38.4 Å². The number of nitrogens with zero attached hydrogens (tertiary/aromatic N) is 7. The minimum atomic E-state index is -0.283. The number of nitrogens with one attached hydrogen (secondary N) is 2. The van der Waals surface area contributed by atoms with Gasteiger partial charge in [0.15, 0.2) is 0 Å². The summed E-state index contributed by atoms with van der Waals surface area (Å²) >= 11 is 6.46. The monoisotopic (exact) mass is 573 g/mol. The number of benzene rings is 2. The van der Waals surface area contributed by atoms with Gasteiger partial charge in [-0.1, -0.05) is 35.9 Å². The van der Waals surface area contributed by atoms with Crippen LogP contribution in [0.5, 0.6) is 0 Å². The third kappa shape index (κ3) is 5.88. The first-order chi connectivity index (χ1) is 19.9. The second-order valence-electron chi connectivity index (χ2n) is 10.1. The van der Waals surface area contributed by atoms with Crippen LogP contribution in [0.25, 0.3) is 16.9 Å². The Hall–Kier alpha value is -4.42.